The van der Waals surface area contributed by atoms with Gasteiger partial charge in [-0.2, -0.15) is 18.3 Å². The molecule has 2 aromatic heterocycles. The topological polar surface area (TPSA) is 56.5 Å². The summed E-state index contributed by atoms with van der Waals surface area (Å²) in [7, 11) is 1.31. The van der Waals surface area contributed by atoms with Gasteiger partial charge in [0.25, 0.3) is 0 Å². The van der Waals surface area contributed by atoms with Crippen LogP contribution in [0.2, 0.25) is 0 Å². The smallest absolute Gasteiger partial charge is 0.416 e. The number of rotatable bonds is 4. The lowest BCUT2D eigenvalue weighted by atomic mass is 9.79. The third-order valence-corrected chi connectivity index (χ3v) is 6.37. The quantitative estimate of drug-likeness (QED) is 0.306. The number of hydrogen-bond acceptors (Lipinski definition) is 4. The third-order valence-electron chi connectivity index (χ3n) is 6.37. The lowest BCUT2D eigenvalue weighted by Gasteiger charge is -2.27. The molecule has 1 aliphatic rings. The van der Waals surface area contributed by atoms with Crippen LogP contribution in [0.4, 0.5) is 17.6 Å². The molecule has 0 saturated carbocycles. The van der Waals surface area contributed by atoms with Crippen LogP contribution in [0.3, 0.4) is 0 Å². The molecule has 4 aromatic rings. The Bertz CT molecular complexity index is 1400. The highest BCUT2D eigenvalue weighted by atomic mass is 19.4. The first-order valence-corrected chi connectivity index (χ1v) is 10.6. The molecule has 2 aromatic carbocycles. The predicted octanol–water partition coefficient (Wildman–Crippen LogP) is 5.15. The van der Waals surface area contributed by atoms with Crippen LogP contribution in [0.1, 0.15) is 28.8 Å². The molecular weight excluding hydrogens is 450 g/mol. The molecule has 5 nitrogen and oxygen atoms in total. The molecule has 0 unspecified atom stereocenters. The summed E-state index contributed by atoms with van der Waals surface area (Å²) in [5.74, 6) is -0.867. The number of ether oxygens (including phenoxy) is 1. The van der Waals surface area contributed by atoms with Gasteiger partial charge in [0.15, 0.2) is 5.65 Å². The van der Waals surface area contributed by atoms with Crippen molar-refractivity contribution in [2.45, 2.75) is 30.9 Å². The maximum Gasteiger partial charge on any atom is 0.416 e. The zero-order chi connectivity index (χ0) is 24.1. The van der Waals surface area contributed by atoms with Crippen LogP contribution >= 0.6 is 0 Å². The van der Waals surface area contributed by atoms with Crippen molar-refractivity contribution in [2.75, 3.05) is 7.11 Å². The maximum absolute atomic E-state index is 13.9. The van der Waals surface area contributed by atoms with Crippen LogP contribution in [0.15, 0.2) is 60.9 Å². The Morgan fingerprint density at radius 2 is 1.91 bits per heavy atom. The lowest BCUT2D eigenvalue weighted by molar-refractivity contribution is -0.147. The van der Waals surface area contributed by atoms with E-state index < -0.39 is 28.9 Å². The number of carbonyl (C=O) groups excluding carboxylic acids is 1. The van der Waals surface area contributed by atoms with Crippen molar-refractivity contribution in [2.24, 2.45) is 0 Å². The van der Waals surface area contributed by atoms with Gasteiger partial charge < -0.3 is 4.74 Å². The van der Waals surface area contributed by atoms with E-state index in [1.165, 1.54) is 37.6 Å². The summed E-state index contributed by atoms with van der Waals surface area (Å²) in [4.78, 5) is 17.7. The van der Waals surface area contributed by atoms with Crippen molar-refractivity contribution in [1.82, 2.24) is 14.6 Å². The zero-order valence-electron chi connectivity index (χ0n) is 18.1. The number of aryl methyl sites for hydroxylation is 1. The Morgan fingerprint density at radius 1 is 1.15 bits per heavy atom. The molecule has 1 atom stereocenters. The van der Waals surface area contributed by atoms with E-state index in [4.69, 9.17) is 4.74 Å². The molecule has 9 heteroatoms. The number of aromatic nitrogens is 3. The highest BCUT2D eigenvalue weighted by Crippen LogP contribution is 2.43. The van der Waals surface area contributed by atoms with Gasteiger partial charge in [0.1, 0.15) is 11.2 Å². The van der Waals surface area contributed by atoms with Crippen LogP contribution < -0.4 is 0 Å². The zero-order valence-corrected chi connectivity index (χ0v) is 18.1. The molecule has 0 radical (unpaired) electrons. The number of fused-ring (bicyclic) bond motifs is 3. The molecule has 0 spiro atoms. The molecular formula is C25H19F4N3O2. The second kappa shape index (κ2) is 7.93. The Hall–Kier alpha value is -3.75. The van der Waals surface area contributed by atoms with E-state index >= 15 is 0 Å². The van der Waals surface area contributed by atoms with Gasteiger partial charge in [-0.3, -0.25) is 4.79 Å². The fraction of sp³-hybridized carbons (Fsp3) is 0.240. The molecule has 2 heterocycles. The minimum Gasteiger partial charge on any atom is -0.468 e. The first kappa shape index (κ1) is 22.1. The number of methoxy groups -OCH3 is 1. The summed E-state index contributed by atoms with van der Waals surface area (Å²) in [5.41, 5.74) is 1.66. The number of benzene rings is 2. The standard InChI is InChI=1S/C25H19F4N3O2/c1-34-23(33)24(12-15-3-2-4-19(26)11-15)10-9-17-13-30-22-20(14-31-32(22)21(17)24)16-5-7-18(8-6-16)25(27,28)29/h2-8,11,13-14H,9-10,12H2,1H3/t24-/m1/s1. The minimum absolute atomic E-state index is 0.207. The summed E-state index contributed by atoms with van der Waals surface area (Å²) in [6, 6.07) is 10.8. The van der Waals surface area contributed by atoms with Crippen molar-refractivity contribution >= 4 is 11.6 Å². The lowest BCUT2D eigenvalue weighted by Crippen LogP contribution is -2.39. The number of nitrogens with zero attached hydrogens (tertiary/aromatic N) is 3. The van der Waals surface area contributed by atoms with Gasteiger partial charge >= 0.3 is 12.1 Å². The van der Waals surface area contributed by atoms with Gasteiger partial charge in [-0.05, 0) is 60.2 Å². The SMILES string of the molecule is COC(=O)[C@@]1(Cc2cccc(F)c2)CCc2cnc3c(-c4ccc(C(F)(F)F)cc4)cnn3c21. The highest BCUT2D eigenvalue weighted by molar-refractivity contribution is 5.86. The first-order valence-electron chi connectivity index (χ1n) is 10.6. The van der Waals surface area contributed by atoms with E-state index in [1.54, 1.807) is 22.8 Å². The number of esters is 1. The number of hydrogen-bond donors (Lipinski definition) is 0. The van der Waals surface area contributed by atoms with Gasteiger partial charge in [0.05, 0.1) is 24.6 Å². The summed E-state index contributed by atoms with van der Waals surface area (Å²) < 4.78 is 59.5. The number of halogens is 4. The van der Waals surface area contributed by atoms with Crippen molar-refractivity contribution in [3.8, 4) is 11.1 Å². The minimum atomic E-state index is -4.43. The van der Waals surface area contributed by atoms with Crippen molar-refractivity contribution in [3.05, 3.63) is 89.1 Å². The van der Waals surface area contributed by atoms with Gasteiger partial charge in [-0.1, -0.05) is 24.3 Å². The van der Waals surface area contributed by atoms with Crippen LogP contribution in [-0.4, -0.2) is 27.7 Å². The fourth-order valence-electron chi connectivity index (χ4n) is 4.80. The molecule has 5 rings (SSSR count). The molecule has 0 aliphatic heterocycles. The normalized spacial score (nSPS) is 17.7. The monoisotopic (exact) mass is 469 g/mol. The van der Waals surface area contributed by atoms with E-state index in [0.29, 0.717) is 40.9 Å². The molecule has 1 aliphatic carbocycles. The van der Waals surface area contributed by atoms with Gasteiger partial charge in [0.2, 0.25) is 0 Å². The van der Waals surface area contributed by atoms with Crippen LogP contribution in [-0.2, 0) is 34.0 Å². The molecule has 0 fully saturated rings. The van der Waals surface area contributed by atoms with E-state index in [0.717, 1.165) is 17.7 Å². The third kappa shape index (κ3) is 3.52. The molecule has 0 N–H and O–H groups in total. The van der Waals surface area contributed by atoms with Crippen LogP contribution in [0, 0.1) is 5.82 Å². The molecule has 34 heavy (non-hydrogen) atoms. The van der Waals surface area contributed by atoms with E-state index in [-0.39, 0.29) is 6.42 Å². The Labute approximate surface area is 192 Å². The first-order chi connectivity index (χ1) is 16.2. The van der Waals surface area contributed by atoms with E-state index in [9.17, 15) is 22.4 Å². The van der Waals surface area contributed by atoms with Gasteiger partial charge in [-0.15, -0.1) is 0 Å². The summed E-state index contributed by atoms with van der Waals surface area (Å²) in [6.45, 7) is 0. The summed E-state index contributed by atoms with van der Waals surface area (Å²) in [6.07, 6.45) is -0.0569. The summed E-state index contributed by atoms with van der Waals surface area (Å²) >= 11 is 0. The molecule has 174 valence electrons. The van der Waals surface area contributed by atoms with Crippen LogP contribution in [0.5, 0.6) is 0 Å². The van der Waals surface area contributed by atoms with Crippen molar-refractivity contribution < 1.29 is 27.1 Å². The van der Waals surface area contributed by atoms with Crippen molar-refractivity contribution in [3.63, 3.8) is 0 Å². The Kier molecular flexibility index (Phi) is 5.15. The van der Waals surface area contributed by atoms with Gasteiger partial charge in [0, 0.05) is 11.8 Å². The predicted molar refractivity (Wildman–Crippen MR) is 116 cm³/mol. The van der Waals surface area contributed by atoms with Gasteiger partial charge in [-0.25, -0.2) is 13.9 Å². The fourth-order valence-corrected chi connectivity index (χ4v) is 4.80. The summed E-state index contributed by atoms with van der Waals surface area (Å²) in [5, 5.41) is 4.46. The Balaban J connectivity index is 1.65. The number of carbonyl (C=O) groups is 1. The number of alkyl halides is 3. The second-order valence-corrected chi connectivity index (χ2v) is 8.38. The van der Waals surface area contributed by atoms with E-state index in [1.807, 2.05) is 0 Å². The largest absolute Gasteiger partial charge is 0.468 e. The second-order valence-electron chi connectivity index (χ2n) is 8.38. The molecule has 0 bridgehead atoms. The molecule has 0 amide bonds. The highest BCUT2D eigenvalue weighted by Gasteiger charge is 2.49. The van der Waals surface area contributed by atoms with E-state index in [2.05, 4.69) is 10.1 Å². The average Bonchev–Trinajstić information content (AvgIpc) is 3.40. The maximum atomic E-state index is 13.9. The Morgan fingerprint density at radius 3 is 2.59 bits per heavy atom. The average molecular weight is 469 g/mol. The van der Waals surface area contributed by atoms with Crippen molar-refractivity contribution in [1.29, 1.82) is 0 Å². The molecule has 0 saturated heterocycles. The van der Waals surface area contributed by atoms with Crippen LogP contribution in [0.25, 0.3) is 16.8 Å².